The second-order valence-electron chi connectivity index (χ2n) is 6.71. The van der Waals surface area contributed by atoms with Gasteiger partial charge in [-0.15, -0.1) is 24.0 Å². The first-order valence-electron chi connectivity index (χ1n) is 9.04. The van der Waals surface area contributed by atoms with Gasteiger partial charge in [0.2, 0.25) is 5.91 Å². The van der Waals surface area contributed by atoms with Gasteiger partial charge in [0.25, 0.3) is 0 Å². The molecule has 4 N–H and O–H groups in total. The fourth-order valence-corrected chi connectivity index (χ4v) is 2.85. The third-order valence-corrected chi connectivity index (χ3v) is 4.15. The van der Waals surface area contributed by atoms with Crippen molar-refractivity contribution in [1.82, 2.24) is 25.8 Å². The Hall–Kier alpha value is -1.18. The number of nitrogens with zero attached hydrogens (tertiary/aromatic N) is 3. The fraction of sp³-hybridized carbons (Fsp3) is 0.812. The molecule has 0 spiro atoms. The number of carbonyl (C=O) groups excluding carboxylic acids is 2. The van der Waals surface area contributed by atoms with Crippen molar-refractivity contribution in [2.45, 2.75) is 19.4 Å². The lowest BCUT2D eigenvalue weighted by Gasteiger charge is -2.33. The third kappa shape index (κ3) is 8.15. The molecule has 3 amide bonds. The minimum Gasteiger partial charge on any atom is -0.387 e. The van der Waals surface area contributed by atoms with Crippen LogP contribution >= 0.6 is 24.0 Å². The maximum absolute atomic E-state index is 11.6. The van der Waals surface area contributed by atoms with Gasteiger partial charge in [-0.1, -0.05) is 0 Å². The Morgan fingerprint density at radius 1 is 1.33 bits per heavy atom. The minimum absolute atomic E-state index is 0. The average Bonchev–Trinajstić information content (AvgIpc) is 2.92. The molecule has 0 aliphatic carbocycles. The lowest BCUT2D eigenvalue weighted by Crippen LogP contribution is -2.48. The van der Waals surface area contributed by atoms with Crippen LogP contribution in [0.15, 0.2) is 4.99 Å². The third-order valence-electron chi connectivity index (χ3n) is 4.15. The number of rotatable bonds is 8. The molecule has 156 valence electrons. The molecule has 11 heteroatoms. The molecule has 1 unspecified atom stereocenters. The van der Waals surface area contributed by atoms with Crippen molar-refractivity contribution < 1.29 is 19.4 Å². The minimum atomic E-state index is -0.954. The van der Waals surface area contributed by atoms with Crippen molar-refractivity contribution >= 4 is 41.9 Å². The molecule has 0 aromatic heterocycles. The van der Waals surface area contributed by atoms with E-state index in [1.807, 2.05) is 6.92 Å². The molecule has 10 nitrogen and oxygen atoms in total. The number of morpholine rings is 1. The molecule has 2 aliphatic heterocycles. The zero-order valence-electron chi connectivity index (χ0n) is 16.0. The van der Waals surface area contributed by atoms with Crippen molar-refractivity contribution in [2.24, 2.45) is 4.99 Å². The summed E-state index contributed by atoms with van der Waals surface area (Å²) in [6.07, 6.45) is 0. The van der Waals surface area contributed by atoms with Crippen molar-refractivity contribution in [3.63, 3.8) is 0 Å². The van der Waals surface area contributed by atoms with Crippen LogP contribution < -0.4 is 16.0 Å². The molecule has 0 aromatic carbocycles. The van der Waals surface area contributed by atoms with Crippen molar-refractivity contribution in [1.29, 1.82) is 0 Å². The smallest absolute Gasteiger partial charge is 0.324 e. The SMILES string of the molecule is CCNC(=NCC(C)(O)CN1CCOCC1)NCCN1C(=O)CNC1=O.I. The van der Waals surface area contributed by atoms with Crippen LogP contribution in [0.4, 0.5) is 4.79 Å². The number of halogens is 1. The van der Waals surface area contributed by atoms with Crippen LogP contribution in [0.5, 0.6) is 0 Å². The highest BCUT2D eigenvalue weighted by atomic mass is 127. The topological polar surface area (TPSA) is 119 Å². The summed E-state index contributed by atoms with van der Waals surface area (Å²) in [7, 11) is 0. The maximum atomic E-state index is 11.6. The Kier molecular flexibility index (Phi) is 10.3. The van der Waals surface area contributed by atoms with Crippen LogP contribution in [-0.4, -0.2) is 104 Å². The quantitative estimate of drug-likeness (QED) is 0.144. The van der Waals surface area contributed by atoms with Crippen LogP contribution in [0.2, 0.25) is 0 Å². The second kappa shape index (κ2) is 11.6. The molecule has 2 fully saturated rings. The van der Waals surface area contributed by atoms with Gasteiger partial charge in [0.1, 0.15) is 0 Å². The van der Waals surface area contributed by atoms with E-state index in [9.17, 15) is 14.7 Å². The first-order chi connectivity index (χ1) is 12.4. The molecule has 2 aliphatic rings. The molecule has 1 atom stereocenters. The van der Waals surface area contributed by atoms with Gasteiger partial charge in [0.05, 0.1) is 31.9 Å². The van der Waals surface area contributed by atoms with E-state index in [1.54, 1.807) is 6.92 Å². The van der Waals surface area contributed by atoms with Crippen LogP contribution in [0.1, 0.15) is 13.8 Å². The number of amides is 3. The number of aliphatic imine (C=N–C) groups is 1. The lowest BCUT2D eigenvalue weighted by atomic mass is 10.1. The average molecular weight is 498 g/mol. The van der Waals surface area contributed by atoms with E-state index < -0.39 is 5.60 Å². The maximum Gasteiger partial charge on any atom is 0.324 e. The highest BCUT2D eigenvalue weighted by molar-refractivity contribution is 14.0. The van der Waals surface area contributed by atoms with Gasteiger partial charge >= 0.3 is 6.03 Å². The van der Waals surface area contributed by atoms with E-state index in [1.165, 1.54) is 4.90 Å². The zero-order valence-corrected chi connectivity index (χ0v) is 18.3. The van der Waals surface area contributed by atoms with Gasteiger partial charge in [-0.25, -0.2) is 4.79 Å². The van der Waals surface area contributed by atoms with Crippen LogP contribution in [0, 0.1) is 0 Å². The summed E-state index contributed by atoms with van der Waals surface area (Å²) in [6.45, 7) is 8.84. The lowest BCUT2D eigenvalue weighted by molar-refractivity contribution is -0.124. The number of hydrogen-bond acceptors (Lipinski definition) is 6. The number of nitrogens with one attached hydrogen (secondary N) is 3. The van der Waals surface area contributed by atoms with Crippen LogP contribution in [0.25, 0.3) is 0 Å². The van der Waals surface area contributed by atoms with Crippen molar-refractivity contribution in [3.05, 3.63) is 0 Å². The number of β-amino-alcohol motifs (C(OH)–C–C–N with tert-alkyl or cyclic N) is 1. The summed E-state index contributed by atoms with van der Waals surface area (Å²) < 4.78 is 5.32. The van der Waals surface area contributed by atoms with Crippen molar-refractivity contribution in [2.75, 3.05) is 65.6 Å². The van der Waals surface area contributed by atoms with Gasteiger partial charge in [-0.3, -0.25) is 19.6 Å². The molecule has 0 saturated carbocycles. The second-order valence-corrected chi connectivity index (χ2v) is 6.71. The van der Waals surface area contributed by atoms with Crippen molar-refractivity contribution in [3.8, 4) is 0 Å². The Morgan fingerprint density at radius 2 is 2.04 bits per heavy atom. The van der Waals surface area contributed by atoms with Gasteiger partial charge < -0.3 is 25.8 Å². The molecule has 0 radical (unpaired) electrons. The molecule has 2 rings (SSSR count). The number of imide groups is 1. The molecular formula is C16H31IN6O4. The van der Waals surface area contributed by atoms with Gasteiger partial charge in [0, 0.05) is 39.3 Å². The molecular weight excluding hydrogens is 467 g/mol. The standard InChI is InChI=1S/C16H30N6O4.HI/c1-3-17-14(18-4-5-22-13(23)10-19-15(22)24)20-11-16(2,25)12-21-6-8-26-9-7-21;/h25H,3-12H2,1-2H3,(H,19,24)(H2,17,18,20);1H. The summed E-state index contributed by atoms with van der Waals surface area (Å²) in [5.74, 6) is 0.314. The first-order valence-corrected chi connectivity index (χ1v) is 9.04. The van der Waals surface area contributed by atoms with E-state index in [-0.39, 0.29) is 55.5 Å². The molecule has 0 aromatic rings. The summed E-state index contributed by atoms with van der Waals surface area (Å²) in [5.41, 5.74) is -0.954. The number of hydrogen-bond donors (Lipinski definition) is 4. The highest BCUT2D eigenvalue weighted by Gasteiger charge is 2.28. The molecule has 2 heterocycles. The number of urea groups is 1. The monoisotopic (exact) mass is 498 g/mol. The normalized spacial score (nSPS) is 20.7. The predicted molar refractivity (Wildman–Crippen MR) is 112 cm³/mol. The molecule has 27 heavy (non-hydrogen) atoms. The Balaban J connectivity index is 0.00000364. The number of guanidine groups is 1. The largest absolute Gasteiger partial charge is 0.387 e. The fourth-order valence-electron chi connectivity index (χ4n) is 2.85. The number of ether oxygens (including phenoxy) is 1. The zero-order chi connectivity index (χ0) is 19.0. The van der Waals surface area contributed by atoms with Crippen LogP contribution in [-0.2, 0) is 9.53 Å². The number of aliphatic hydroxyl groups is 1. The van der Waals surface area contributed by atoms with Crippen LogP contribution in [0.3, 0.4) is 0 Å². The molecule has 2 saturated heterocycles. The van der Waals surface area contributed by atoms with Gasteiger partial charge in [-0.05, 0) is 13.8 Å². The summed E-state index contributed by atoms with van der Waals surface area (Å²) in [4.78, 5) is 30.8. The van der Waals surface area contributed by atoms with E-state index in [4.69, 9.17) is 4.74 Å². The van der Waals surface area contributed by atoms with Gasteiger partial charge in [0.15, 0.2) is 5.96 Å². The number of carbonyl (C=O) groups is 2. The Morgan fingerprint density at radius 3 is 2.63 bits per heavy atom. The van der Waals surface area contributed by atoms with E-state index in [2.05, 4.69) is 25.8 Å². The Labute approximate surface area is 177 Å². The summed E-state index contributed by atoms with van der Waals surface area (Å²) in [5, 5.41) is 19.3. The Bertz CT molecular complexity index is 509. The van der Waals surface area contributed by atoms with E-state index in [0.717, 1.165) is 13.1 Å². The summed E-state index contributed by atoms with van der Waals surface area (Å²) in [6, 6.07) is -0.368. The van der Waals surface area contributed by atoms with E-state index >= 15 is 0 Å². The predicted octanol–water partition coefficient (Wildman–Crippen LogP) is -1.21. The highest BCUT2D eigenvalue weighted by Crippen LogP contribution is 2.09. The van der Waals surface area contributed by atoms with Gasteiger partial charge in [-0.2, -0.15) is 0 Å². The first kappa shape index (κ1) is 23.9. The molecule has 0 bridgehead atoms. The van der Waals surface area contributed by atoms with E-state index in [0.29, 0.717) is 38.8 Å². The summed E-state index contributed by atoms with van der Waals surface area (Å²) >= 11 is 0.